The number of hydrogen-bond donors (Lipinski definition) is 2. The largest absolute Gasteiger partial charge is 0.393 e. The van der Waals surface area contributed by atoms with Crippen LogP contribution < -0.4 is 5.32 Å². The van der Waals surface area contributed by atoms with E-state index in [1.54, 1.807) is 0 Å². The van der Waals surface area contributed by atoms with Gasteiger partial charge in [0.15, 0.2) is 0 Å². The number of ether oxygens (including phenoxy) is 1. The molecule has 1 heterocycles. The summed E-state index contributed by atoms with van der Waals surface area (Å²) in [7, 11) is 0. The van der Waals surface area contributed by atoms with E-state index in [1.807, 2.05) is 6.92 Å². The first kappa shape index (κ1) is 14.3. The van der Waals surface area contributed by atoms with Gasteiger partial charge in [-0.2, -0.15) is 0 Å². The van der Waals surface area contributed by atoms with Crippen molar-refractivity contribution < 1.29 is 9.84 Å². The summed E-state index contributed by atoms with van der Waals surface area (Å²) in [5.41, 5.74) is 0.207. The molecule has 106 valence electrons. The minimum Gasteiger partial charge on any atom is -0.393 e. The van der Waals surface area contributed by atoms with Crippen LogP contribution in [0.1, 0.15) is 64.7 Å². The maximum Gasteiger partial charge on any atom is 0.0697 e. The second-order valence-corrected chi connectivity index (χ2v) is 6.23. The average Bonchev–Trinajstić information content (AvgIpc) is 2.36. The Hall–Kier alpha value is -0.120. The van der Waals surface area contributed by atoms with Gasteiger partial charge in [0.25, 0.3) is 0 Å². The Bertz CT molecular complexity index is 231. The molecule has 2 unspecified atom stereocenters. The molecule has 1 spiro atoms. The Morgan fingerprint density at radius 1 is 1.33 bits per heavy atom. The SMILES string of the molecule is CC(O)CCCNC1CCOC2(CCCCC2)C1. The van der Waals surface area contributed by atoms with Crippen molar-refractivity contribution in [2.45, 2.75) is 82.5 Å². The van der Waals surface area contributed by atoms with Crippen LogP contribution in [0, 0.1) is 0 Å². The zero-order chi connectivity index (χ0) is 12.8. The van der Waals surface area contributed by atoms with Gasteiger partial charge in [-0.15, -0.1) is 0 Å². The second-order valence-electron chi connectivity index (χ2n) is 6.23. The molecule has 2 N–H and O–H groups in total. The summed E-state index contributed by atoms with van der Waals surface area (Å²) in [6.07, 6.45) is 10.8. The topological polar surface area (TPSA) is 41.5 Å². The van der Waals surface area contributed by atoms with Crippen molar-refractivity contribution in [1.82, 2.24) is 5.32 Å². The number of rotatable bonds is 5. The summed E-state index contributed by atoms with van der Waals surface area (Å²) in [6.45, 7) is 3.82. The fourth-order valence-corrected chi connectivity index (χ4v) is 3.45. The third-order valence-electron chi connectivity index (χ3n) is 4.49. The van der Waals surface area contributed by atoms with Crippen LogP contribution in [0.4, 0.5) is 0 Å². The molecule has 1 aliphatic carbocycles. The van der Waals surface area contributed by atoms with E-state index in [4.69, 9.17) is 4.74 Å². The fraction of sp³-hybridized carbons (Fsp3) is 1.00. The third-order valence-corrected chi connectivity index (χ3v) is 4.49. The van der Waals surface area contributed by atoms with Gasteiger partial charge in [-0.05, 0) is 52.0 Å². The van der Waals surface area contributed by atoms with Crippen molar-refractivity contribution in [2.24, 2.45) is 0 Å². The highest BCUT2D eigenvalue weighted by Crippen LogP contribution is 2.38. The van der Waals surface area contributed by atoms with Crippen LogP contribution >= 0.6 is 0 Å². The van der Waals surface area contributed by atoms with Crippen molar-refractivity contribution in [2.75, 3.05) is 13.2 Å². The molecular formula is C15H29NO2. The van der Waals surface area contributed by atoms with Gasteiger partial charge in [0.1, 0.15) is 0 Å². The highest BCUT2D eigenvalue weighted by Gasteiger charge is 2.38. The lowest BCUT2D eigenvalue weighted by Crippen LogP contribution is -2.48. The molecule has 0 aromatic heterocycles. The number of aliphatic hydroxyl groups is 1. The summed E-state index contributed by atoms with van der Waals surface area (Å²) in [6, 6.07) is 0.630. The lowest BCUT2D eigenvalue weighted by atomic mass is 9.78. The summed E-state index contributed by atoms with van der Waals surface area (Å²) < 4.78 is 6.10. The van der Waals surface area contributed by atoms with E-state index in [-0.39, 0.29) is 11.7 Å². The molecule has 0 amide bonds. The maximum atomic E-state index is 9.24. The summed E-state index contributed by atoms with van der Waals surface area (Å²) >= 11 is 0. The molecule has 0 bridgehead atoms. The lowest BCUT2D eigenvalue weighted by molar-refractivity contribution is -0.109. The fourth-order valence-electron chi connectivity index (χ4n) is 3.45. The monoisotopic (exact) mass is 255 g/mol. The van der Waals surface area contributed by atoms with Gasteiger partial charge in [0.05, 0.1) is 11.7 Å². The standard InChI is InChI=1S/C15H29NO2/c1-13(17)6-5-10-16-14-7-11-18-15(12-14)8-3-2-4-9-15/h13-14,16-17H,2-12H2,1H3. The van der Waals surface area contributed by atoms with Gasteiger partial charge in [-0.3, -0.25) is 0 Å². The van der Waals surface area contributed by atoms with Gasteiger partial charge in [-0.1, -0.05) is 19.3 Å². The quantitative estimate of drug-likeness (QED) is 0.742. The van der Waals surface area contributed by atoms with E-state index in [0.29, 0.717) is 6.04 Å². The summed E-state index contributed by atoms with van der Waals surface area (Å²) in [5, 5.41) is 12.9. The lowest BCUT2D eigenvalue weighted by Gasteiger charge is -2.43. The molecule has 1 saturated carbocycles. The normalized spacial score (nSPS) is 29.3. The zero-order valence-electron chi connectivity index (χ0n) is 11.8. The van der Waals surface area contributed by atoms with E-state index in [1.165, 1.54) is 38.5 Å². The molecule has 3 heteroatoms. The molecule has 18 heavy (non-hydrogen) atoms. The predicted octanol–water partition coefficient (Wildman–Crippen LogP) is 2.62. The predicted molar refractivity (Wildman–Crippen MR) is 73.7 cm³/mol. The number of hydrogen-bond acceptors (Lipinski definition) is 3. The number of aliphatic hydroxyl groups excluding tert-OH is 1. The van der Waals surface area contributed by atoms with Crippen LogP contribution in [-0.4, -0.2) is 36.0 Å². The molecule has 2 atom stereocenters. The van der Waals surface area contributed by atoms with Crippen LogP contribution in [-0.2, 0) is 4.74 Å². The summed E-state index contributed by atoms with van der Waals surface area (Å²) in [5.74, 6) is 0. The Balaban J connectivity index is 1.69. The van der Waals surface area contributed by atoms with Crippen molar-refractivity contribution in [3.63, 3.8) is 0 Å². The van der Waals surface area contributed by atoms with E-state index in [0.717, 1.165) is 32.4 Å². The van der Waals surface area contributed by atoms with Gasteiger partial charge in [-0.25, -0.2) is 0 Å². The minimum absolute atomic E-state index is 0.161. The first-order valence-electron chi connectivity index (χ1n) is 7.76. The van der Waals surface area contributed by atoms with Gasteiger partial charge in [0.2, 0.25) is 0 Å². The van der Waals surface area contributed by atoms with Gasteiger partial charge in [0, 0.05) is 12.6 Å². The molecule has 2 fully saturated rings. The van der Waals surface area contributed by atoms with E-state index < -0.39 is 0 Å². The van der Waals surface area contributed by atoms with Crippen molar-refractivity contribution in [3.05, 3.63) is 0 Å². The first-order chi connectivity index (χ1) is 8.70. The van der Waals surface area contributed by atoms with E-state index >= 15 is 0 Å². The third kappa shape index (κ3) is 4.22. The molecule has 1 aliphatic heterocycles. The Kier molecular flexibility index (Phi) is 5.46. The molecule has 0 aromatic carbocycles. The zero-order valence-corrected chi connectivity index (χ0v) is 11.8. The van der Waals surface area contributed by atoms with Crippen LogP contribution in [0.25, 0.3) is 0 Å². The molecule has 1 saturated heterocycles. The van der Waals surface area contributed by atoms with Crippen molar-refractivity contribution in [3.8, 4) is 0 Å². The molecular weight excluding hydrogens is 226 g/mol. The molecule has 0 aromatic rings. The van der Waals surface area contributed by atoms with Crippen LogP contribution in [0.3, 0.4) is 0 Å². The van der Waals surface area contributed by atoms with E-state index in [2.05, 4.69) is 5.32 Å². The maximum absolute atomic E-state index is 9.24. The highest BCUT2D eigenvalue weighted by atomic mass is 16.5. The van der Waals surface area contributed by atoms with Crippen LogP contribution in [0.15, 0.2) is 0 Å². The van der Waals surface area contributed by atoms with Crippen LogP contribution in [0.2, 0.25) is 0 Å². The van der Waals surface area contributed by atoms with Crippen LogP contribution in [0.5, 0.6) is 0 Å². The highest BCUT2D eigenvalue weighted by molar-refractivity contribution is 4.91. The molecule has 3 nitrogen and oxygen atoms in total. The summed E-state index contributed by atoms with van der Waals surface area (Å²) in [4.78, 5) is 0. The first-order valence-corrected chi connectivity index (χ1v) is 7.76. The molecule has 0 radical (unpaired) electrons. The molecule has 2 aliphatic rings. The van der Waals surface area contributed by atoms with Crippen molar-refractivity contribution in [1.29, 1.82) is 0 Å². The average molecular weight is 255 g/mol. The number of nitrogens with one attached hydrogen (secondary N) is 1. The second kappa shape index (κ2) is 6.88. The Labute approximate surface area is 111 Å². The molecule has 2 rings (SSSR count). The minimum atomic E-state index is -0.161. The Morgan fingerprint density at radius 3 is 2.83 bits per heavy atom. The van der Waals surface area contributed by atoms with Gasteiger partial charge >= 0.3 is 0 Å². The van der Waals surface area contributed by atoms with Gasteiger partial charge < -0.3 is 15.2 Å². The smallest absolute Gasteiger partial charge is 0.0697 e. The Morgan fingerprint density at radius 2 is 2.11 bits per heavy atom. The van der Waals surface area contributed by atoms with E-state index in [9.17, 15) is 5.11 Å². The van der Waals surface area contributed by atoms with Crippen molar-refractivity contribution >= 4 is 0 Å².